The number of rotatable bonds is 5. The molecule has 0 bridgehead atoms. The van der Waals surface area contributed by atoms with Gasteiger partial charge in [-0.1, -0.05) is 105 Å². The summed E-state index contributed by atoms with van der Waals surface area (Å²) in [7, 11) is -2.70. The molecule has 0 aliphatic carbocycles. The lowest BCUT2D eigenvalue weighted by molar-refractivity contribution is 0.567. The normalized spacial score (nSPS) is 16.1. The van der Waals surface area contributed by atoms with Crippen molar-refractivity contribution in [3.63, 3.8) is 0 Å². The van der Waals surface area contributed by atoms with Crippen molar-refractivity contribution in [1.29, 1.82) is 0 Å². The Kier molecular flexibility index (Phi) is 5.02. The van der Waals surface area contributed by atoms with Gasteiger partial charge in [0.1, 0.15) is 7.14 Å². The first-order valence-electron chi connectivity index (χ1n) is 8.39. The molecule has 0 radical (unpaired) electrons. The van der Waals surface area contributed by atoms with Gasteiger partial charge in [0, 0.05) is 16.6 Å². The molecule has 2 heteroatoms. The van der Waals surface area contributed by atoms with Crippen LogP contribution in [-0.2, 0) is 4.57 Å². The van der Waals surface area contributed by atoms with E-state index in [4.69, 9.17) is 0 Å². The predicted molar refractivity (Wildman–Crippen MR) is 103 cm³/mol. The van der Waals surface area contributed by atoms with Crippen LogP contribution in [0.4, 0.5) is 0 Å². The maximum atomic E-state index is 14.4. The maximum Gasteiger partial charge on any atom is 0.129 e. The molecule has 0 saturated heterocycles. The largest absolute Gasteiger partial charge is 0.317 e. The third-order valence-electron chi connectivity index (χ3n) is 4.87. The smallest absolute Gasteiger partial charge is 0.129 e. The Balaban J connectivity index is 2.13. The quantitative estimate of drug-likeness (QED) is 0.508. The van der Waals surface area contributed by atoms with Gasteiger partial charge in [-0.05, 0) is 11.1 Å². The van der Waals surface area contributed by atoms with E-state index >= 15 is 0 Å². The minimum Gasteiger partial charge on any atom is -0.317 e. The summed E-state index contributed by atoms with van der Waals surface area (Å²) in [6, 6.07) is 30.4. The Labute approximate surface area is 144 Å². The molecule has 0 spiro atoms. The monoisotopic (exact) mass is 334 g/mol. The average molecular weight is 334 g/mol. The van der Waals surface area contributed by atoms with Crippen LogP contribution < -0.4 is 5.30 Å². The average Bonchev–Trinajstić information content (AvgIpc) is 2.68. The highest BCUT2D eigenvalue weighted by Crippen LogP contribution is 2.67. The van der Waals surface area contributed by atoms with E-state index < -0.39 is 7.14 Å². The lowest BCUT2D eigenvalue weighted by Gasteiger charge is -2.31. The molecule has 0 amide bonds. The number of benzene rings is 3. The molecule has 2 unspecified atom stereocenters. The Morgan fingerprint density at radius 2 is 0.917 bits per heavy atom. The molecule has 0 N–H and O–H groups in total. The van der Waals surface area contributed by atoms with Crippen LogP contribution in [0.3, 0.4) is 0 Å². The van der Waals surface area contributed by atoms with E-state index in [0.717, 1.165) is 16.4 Å². The second-order valence-corrected chi connectivity index (χ2v) is 9.70. The molecule has 0 aliphatic heterocycles. The zero-order valence-corrected chi connectivity index (χ0v) is 15.1. The van der Waals surface area contributed by atoms with E-state index in [1.807, 2.05) is 66.7 Å². The van der Waals surface area contributed by atoms with E-state index in [2.05, 4.69) is 38.1 Å². The zero-order valence-electron chi connectivity index (χ0n) is 14.2. The van der Waals surface area contributed by atoms with Crippen molar-refractivity contribution in [2.45, 2.75) is 25.2 Å². The third kappa shape index (κ3) is 3.09. The highest BCUT2D eigenvalue weighted by Gasteiger charge is 2.38. The summed E-state index contributed by atoms with van der Waals surface area (Å²) in [4.78, 5) is 0. The molecular formula is C22H23OP. The zero-order chi connectivity index (χ0) is 17.0. The summed E-state index contributed by atoms with van der Waals surface area (Å²) < 4.78 is 14.4. The molecule has 0 saturated carbocycles. The molecule has 2 atom stereocenters. The van der Waals surface area contributed by atoms with Crippen LogP contribution in [0.1, 0.15) is 36.3 Å². The van der Waals surface area contributed by atoms with Crippen molar-refractivity contribution >= 4 is 12.4 Å². The fraction of sp³-hybridized carbons (Fsp3) is 0.182. The molecule has 122 valence electrons. The van der Waals surface area contributed by atoms with Crippen LogP contribution in [0, 0.1) is 0 Å². The minimum absolute atomic E-state index is 0.0312. The van der Waals surface area contributed by atoms with Gasteiger partial charge >= 0.3 is 0 Å². The number of hydrogen-bond donors (Lipinski definition) is 0. The highest BCUT2D eigenvalue weighted by molar-refractivity contribution is 7.72. The first-order chi connectivity index (χ1) is 11.6. The maximum absolute atomic E-state index is 14.4. The van der Waals surface area contributed by atoms with E-state index in [0.29, 0.717) is 0 Å². The standard InChI is InChI=1S/C22H23OP/c1-18(20-12-6-3-7-13-20)24(23,22-16-10-5-11-17-22)19(2)21-14-8-4-9-15-21/h3-19H,1-2H3. The molecular weight excluding hydrogens is 311 g/mol. The molecule has 3 aromatic carbocycles. The van der Waals surface area contributed by atoms with Crippen molar-refractivity contribution in [1.82, 2.24) is 0 Å². The van der Waals surface area contributed by atoms with Crippen molar-refractivity contribution in [2.75, 3.05) is 0 Å². The van der Waals surface area contributed by atoms with Crippen molar-refractivity contribution < 1.29 is 4.57 Å². The summed E-state index contributed by atoms with van der Waals surface area (Å²) in [5.74, 6) is 0. The highest BCUT2D eigenvalue weighted by atomic mass is 31.2. The second kappa shape index (κ2) is 7.20. The van der Waals surface area contributed by atoms with Gasteiger partial charge in [0.05, 0.1) is 0 Å². The van der Waals surface area contributed by atoms with Gasteiger partial charge in [0.25, 0.3) is 0 Å². The SMILES string of the molecule is CC(c1ccccc1)P(=O)(c1ccccc1)C(C)c1ccccc1. The van der Waals surface area contributed by atoms with Gasteiger partial charge in [-0.3, -0.25) is 0 Å². The Morgan fingerprint density at radius 1 is 0.583 bits per heavy atom. The Hall–Kier alpha value is -2.11. The van der Waals surface area contributed by atoms with E-state index in [1.54, 1.807) is 0 Å². The van der Waals surface area contributed by atoms with Gasteiger partial charge < -0.3 is 4.57 Å². The summed E-state index contributed by atoms with van der Waals surface area (Å²) in [6.45, 7) is 4.20. The van der Waals surface area contributed by atoms with Gasteiger partial charge in [-0.25, -0.2) is 0 Å². The van der Waals surface area contributed by atoms with Gasteiger partial charge in [-0.2, -0.15) is 0 Å². The molecule has 0 aromatic heterocycles. The molecule has 3 rings (SSSR count). The fourth-order valence-electron chi connectivity index (χ4n) is 3.35. The summed E-state index contributed by atoms with van der Waals surface area (Å²) in [6.07, 6.45) is 0. The van der Waals surface area contributed by atoms with Gasteiger partial charge in [-0.15, -0.1) is 0 Å². The summed E-state index contributed by atoms with van der Waals surface area (Å²) >= 11 is 0. The lowest BCUT2D eigenvalue weighted by atomic mass is 10.2. The van der Waals surface area contributed by atoms with Crippen LogP contribution in [-0.4, -0.2) is 0 Å². The summed E-state index contributed by atoms with van der Waals surface area (Å²) in [5, 5.41) is 0.956. The lowest BCUT2D eigenvalue weighted by Crippen LogP contribution is -2.15. The molecule has 3 aromatic rings. The van der Waals surface area contributed by atoms with Crippen LogP contribution in [0.15, 0.2) is 91.0 Å². The van der Waals surface area contributed by atoms with Crippen LogP contribution in [0.5, 0.6) is 0 Å². The van der Waals surface area contributed by atoms with Crippen LogP contribution in [0.25, 0.3) is 0 Å². The first kappa shape index (κ1) is 16.7. The fourth-order valence-corrected chi connectivity index (χ4v) is 6.78. The van der Waals surface area contributed by atoms with Crippen molar-refractivity contribution in [2.24, 2.45) is 0 Å². The Bertz CT molecular complexity index is 763. The second-order valence-electron chi connectivity index (χ2n) is 6.22. The summed E-state index contributed by atoms with van der Waals surface area (Å²) in [5.41, 5.74) is 2.20. The van der Waals surface area contributed by atoms with Crippen molar-refractivity contribution in [3.8, 4) is 0 Å². The molecule has 0 fully saturated rings. The van der Waals surface area contributed by atoms with Crippen molar-refractivity contribution in [3.05, 3.63) is 102 Å². The minimum atomic E-state index is -2.70. The van der Waals surface area contributed by atoms with Crippen LogP contribution in [0.2, 0.25) is 0 Å². The predicted octanol–water partition coefficient (Wildman–Crippen LogP) is 6.20. The molecule has 0 aliphatic rings. The van der Waals surface area contributed by atoms with Gasteiger partial charge in [0.15, 0.2) is 0 Å². The van der Waals surface area contributed by atoms with Gasteiger partial charge in [0.2, 0.25) is 0 Å². The molecule has 1 nitrogen and oxygen atoms in total. The topological polar surface area (TPSA) is 17.1 Å². The first-order valence-corrected chi connectivity index (χ1v) is 10.2. The number of hydrogen-bond acceptors (Lipinski definition) is 1. The van der Waals surface area contributed by atoms with Crippen LogP contribution >= 0.6 is 7.14 Å². The molecule has 0 heterocycles. The third-order valence-corrected chi connectivity index (χ3v) is 8.88. The van der Waals surface area contributed by atoms with E-state index in [1.165, 1.54) is 0 Å². The van der Waals surface area contributed by atoms with E-state index in [-0.39, 0.29) is 11.3 Å². The van der Waals surface area contributed by atoms with E-state index in [9.17, 15) is 4.57 Å². The Morgan fingerprint density at radius 3 is 1.29 bits per heavy atom. The molecule has 24 heavy (non-hydrogen) atoms.